The van der Waals surface area contributed by atoms with Crippen LogP contribution in [0.15, 0.2) is 0 Å². The van der Waals surface area contributed by atoms with Gasteiger partial charge in [0.15, 0.2) is 0 Å². The minimum absolute atomic E-state index is 0.0259. The van der Waals surface area contributed by atoms with E-state index in [0.29, 0.717) is 24.8 Å². The minimum atomic E-state index is 0.0259. The summed E-state index contributed by atoms with van der Waals surface area (Å²) < 4.78 is 0. The number of nitrogens with zero attached hydrogens (tertiary/aromatic N) is 1. The zero-order valence-electron chi connectivity index (χ0n) is 12.3. The highest BCUT2D eigenvalue weighted by Gasteiger charge is 2.25. The van der Waals surface area contributed by atoms with Crippen molar-refractivity contribution in [3.63, 3.8) is 0 Å². The van der Waals surface area contributed by atoms with Gasteiger partial charge in [-0.1, -0.05) is 19.3 Å². The third-order valence-corrected chi connectivity index (χ3v) is 4.61. The normalized spacial score (nSPS) is 23.9. The molecule has 1 atom stereocenters. The molecule has 2 amide bonds. The maximum atomic E-state index is 12.0. The second kappa shape index (κ2) is 7.62. The summed E-state index contributed by atoms with van der Waals surface area (Å²) in [6, 6.07) is 0. The second-order valence-corrected chi connectivity index (χ2v) is 6.22. The van der Waals surface area contributed by atoms with E-state index in [0.717, 1.165) is 32.4 Å². The van der Waals surface area contributed by atoms with Gasteiger partial charge in [0.05, 0.1) is 6.54 Å². The first-order chi connectivity index (χ1) is 9.69. The van der Waals surface area contributed by atoms with Gasteiger partial charge < -0.3 is 16.0 Å². The lowest BCUT2D eigenvalue weighted by molar-refractivity contribution is -0.132. The van der Waals surface area contributed by atoms with Crippen molar-refractivity contribution in [2.24, 2.45) is 17.6 Å². The molecule has 0 aromatic carbocycles. The van der Waals surface area contributed by atoms with E-state index >= 15 is 0 Å². The molecule has 0 spiro atoms. The average molecular weight is 281 g/mol. The quantitative estimate of drug-likeness (QED) is 0.785. The fourth-order valence-corrected chi connectivity index (χ4v) is 3.26. The Bertz CT molecular complexity index is 340. The molecule has 0 radical (unpaired) electrons. The van der Waals surface area contributed by atoms with Crippen LogP contribution in [0.25, 0.3) is 0 Å². The van der Waals surface area contributed by atoms with Crippen molar-refractivity contribution >= 4 is 11.8 Å². The Morgan fingerprint density at radius 1 is 1.10 bits per heavy atom. The van der Waals surface area contributed by atoms with Crippen LogP contribution in [0.4, 0.5) is 0 Å². The number of hydrogen-bond donors (Lipinski definition) is 2. The molecule has 1 aliphatic carbocycles. The fraction of sp³-hybridized carbons (Fsp3) is 0.867. The van der Waals surface area contributed by atoms with Gasteiger partial charge in [-0.05, 0) is 37.6 Å². The van der Waals surface area contributed by atoms with E-state index in [9.17, 15) is 9.59 Å². The Balaban J connectivity index is 1.64. The molecule has 2 rings (SSSR count). The van der Waals surface area contributed by atoms with Crippen molar-refractivity contribution in [1.29, 1.82) is 0 Å². The van der Waals surface area contributed by atoms with Crippen molar-refractivity contribution in [2.75, 3.05) is 26.2 Å². The van der Waals surface area contributed by atoms with Gasteiger partial charge in [-0.25, -0.2) is 0 Å². The topological polar surface area (TPSA) is 75.4 Å². The Morgan fingerprint density at radius 2 is 1.85 bits per heavy atom. The monoisotopic (exact) mass is 281 g/mol. The molecule has 2 aliphatic rings. The Hall–Kier alpha value is -1.10. The van der Waals surface area contributed by atoms with E-state index in [2.05, 4.69) is 5.32 Å². The molecular weight excluding hydrogens is 254 g/mol. The molecule has 114 valence electrons. The number of rotatable bonds is 5. The molecule has 1 saturated heterocycles. The summed E-state index contributed by atoms with van der Waals surface area (Å²) in [5.41, 5.74) is 5.61. The van der Waals surface area contributed by atoms with Gasteiger partial charge in [-0.2, -0.15) is 0 Å². The molecule has 3 N–H and O–H groups in total. The van der Waals surface area contributed by atoms with E-state index in [1.807, 2.05) is 4.90 Å². The molecule has 5 nitrogen and oxygen atoms in total. The van der Waals surface area contributed by atoms with Gasteiger partial charge in [-0.3, -0.25) is 9.59 Å². The van der Waals surface area contributed by atoms with Crippen molar-refractivity contribution in [3.05, 3.63) is 0 Å². The Labute approximate surface area is 121 Å². The molecule has 20 heavy (non-hydrogen) atoms. The summed E-state index contributed by atoms with van der Waals surface area (Å²) in [5.74, 6) is 1.00. The molecule has 5 heteroatoms. The smallest absolute Gasteiger partial charge is 0.241 e. The number of nitrogens with one attached hydrogen (secondary N) is 1. The van der Waals surface area contributed by atoms with Gasteiger partial charge >= 0.3 is 0 Å². The fourth-order valence-electron chi connectivity index (χ4n) is 3.26. The summed E-state index contributed by atoms with van der Waals surface area (Å²) in [6.45, 7) is 2.30. The van der Waals surface area contributed by atoms with Crippen LogP contribution in [0.3, 0.4) is 0 Å². The molecule has 2 fully saturated rings. The van der Waals surface area contributed by atoms with Crippen LogP contribution in [-0.4, -0.2) is 42.9 Å². The van der Waals surface area contributed by atoms with Crippen molar-refractivity contribution in [1.82, 2.24) is 10.2 Å². The number of nitrogens with two attached hydrogens (primary N) is 1. The maximum absolute atomic E-state index is 12.0. The first-order valence-corrected chi connectivity index (χ1v) is 7.93. The molecule has 1 heterocycles. The molecule has 0 aromatic rings. The van der Waals surface area contributed by atoms with Crippen LogP contribution in [0.5, 0.6) is 0 Å². The van der Waals surface area contributed by atoms with Crippen molar-refractivity contribution < 1.29 is 9.59 Å². The van der Waals surface area contributed by atoms with Gasteiger partial charge in [0.25, 0.3) is 0 Å². The number of carbonyl (C=O) groups is 2. The van der Waals surface area contributed by atoms with Crippen LogP contribution in [0.2, 0.25) is 0 Å². The van der Waals surface area contributed by atoms with Gasteiger partial charge in [-0.15, -0.1) is 0 Å². The standard InChI is InChI=1S/C15H27N3O2/c16-9-13-6-7-18(11-13)15(20)10-17-14(19)8-12-4-2-1-3-5-12/h12-13H,1-11,16H2,(H,17,19). The van der Waals surface area contributed by atoms with E-state index in [-0.39, 0.29) is 18.4 Å². The first-order valence-electron chi connectivity index (χ1n) is 7.93. The van der Waals surface area contributed by atoms with Gasteiger partial charge in [0, 0.05) is 19.5 Å². The summed E-state index contributed by atoms with van der Waals surface area (Å²) >= 11 is 0. The molecule has 0 aromatic heterocycles. The number of hydrogen-bond acceptors (Lipinski definition) is 3. The van der Waals surface area contributed by atoms with Crippen molar-refractivity contribution in [2.45, 2.75) is 44.9 Å². The third kappa shape index (κ3) is 4.47. The third-order valence-electron chi connectivity index (χ3n) is 4.61. The number of likely N-dealkylation sites (tertiary alicyclic amines) is 1. The number of carbonyl (C=O) groups excluding carboxylic acids is 2. The van der Waals surface area contributed by atoms with E-state index in [1.165, 1.54) is 19.3 Å². The lowest BCUT2D eigenvalue weighted by Gasteiger charge is -2.21. The lowest BCUT2D eigenvalue weighted by atomic mass is 9.87. The highest BCUT2D eigenvalue weighted by molar-refractivity contribution is 5.84. The average Bonchev–Trinajstić information content (AvgIpc) is 2.95. The zero-order chi connectivity index (χ0) is 14.4. The predicted octanol–water partition coefficient (Wildman–Crippen LogP) is 0.880. The highest BCUT2D eigenvalue weighted by atomic mass is 16.2. The highest BCUT2D eigenvalue weighted by Crippen LogP contribution is 2.26. The maximum Gasteiger partial charge on any atom is 0.241 e. The second-order valence-electron chi connectivity index (χ2n) is 6.22. The largest absolute Gasteiger partial charge is 0.347 e. The molecular formula is C15H27N3O2. The van der Waals surface area contributed by atoms with E-state index in [4.69, 9.17) is 5.73 Å². The van der Waals surface area contributed by atoms with Crippen LogP contribution in [0.1, 0.15) is 44.9 Å². The van der Waals surface area contributed by atoms with Crippen LogP contribution in [-0.2, 0) is 9.59 Å². The van der Waals surface area contributed by atoms with Gasteiger partial charge in [0.1, 0.15) is 0 Å². The zero-order valence-corrected chi connectivity index (χ0v) is 12.3. The molecule has 1 unspecified atom stereocenters. The minimum Gasteiger partial charge on any atom is -0.347 e. The summed E-state index contributed by atoms with van der Waals surface area (Å²) in [4.78, 5) is 25.6. The molecule has 0 bridgehead atoms. The number of amides is 2. The van der Waals surface area contributed by atoms with Crippen LogP contribution >= 0.6 is 0 Å². The van der Waals surface area contributed by atoms with Crippen LogP contribution in [0, 0.1) is 11.8 Å². The van der Waals surface area contributed by atoms with Crippen LogP contribution < -0.4 is 11.1 Å². The Kier molecular flexibility index (Phi) is 5.83. The van der Waals surface area contributed by atoms with Gasteiger partial charge in [0.2, 0.25) is 11.8 Å². The first kappa shape index (κ1) is 15.3. The Morgan fingerprint density at radius 3 is 2.50 bits per heavy atom. The molecule has 1 aliphatic heterocycles. The summed E-state index contributed by atoms with van der Waals surface area (Å²) in [6.07, 6.45) is 7.67. The van der Waals surface area contributed by atoms with E-state index in [1.54, 1.807) is 0 Å². The lowest BCUT2D eigenvalue weighted by Crippen LogP contribution is -2.39. The summed E-state index contributed by atoms with van der Waals surface area (Å²) in [7, 11) is 0. The van der Waals surface area contributed by atoms with Crippen molar-refractivity contribution in [3.8, 4) is 0 Å². The van der Waals surface area contributed by atoms with E-state index < -0.39 is 0 Å². The SMILES string of the molecule is NCC1CCN(C(=O)CNC(=O)CC2CCCCC2)C1. The summed E-state index contributed by atoms with van der Waals surface area (Å²) in [5, 5.41) is 2.78. The predicted molar refractivity (Wildman–Crippen MR) is 77.9 cm³/mol. The molecule has 1 saturated carbocycles.